The Labute approximate surface area is 297 Å². The number of benzene rings is 3. The molecule has 1 saturated heterocycles. The summed E-state index contributed by atoms with van der Waals surface area (Å²) < 4.78 is 33.3. The highest BCUT2D eigenvalue weighted by molar-refractivity contribution is 9.10. The number of halogens is 3. The molecule has 0 aliphatic carbocycles. The van der Waals surface area contributed by atoms with Gasteiger partial charge in [0.25, 0.3) is 5.91 Å². The number of carbonyl (C=O) groups excluding carboxylic acids is 4. The van der Waals surface area contributed by atoms with Gasteiger partial charge >= 0.3 is 0 Å². The van der Waals surface area contributed by atoms with Crippen LogP contribution in [0.25, 0.3) is 0 Å². The molecule has 254 valence electrons. The largest absolute Gasteiger partial charge is 0.477 e. The monoisotopic (exact) mass is 777 g/mol. The van der Waals surface area contributed by atoms with Crippen LogP contribution in [0.3, 0.4) is 0 Å². The van der Waals surface area contributed by atoms with Crippen molar-refractivity contribution >= 4 is 78.5 Å². The first kappa shape index (κ1) is 35.8. The molecule has 1 spiro atoms. The number of carbonyl (C=O) groups is 4. The van der Waals surface area contributed by atoms with Gasteiger partial charge in [0.2, 0.25) is 27.7 Å². The highest BCUT2D eigenvalue weighted by Gasteiger charge is 2.64. The van der Waals surface area contributed by atoms with Crippen LogP contribution in [0.2, 0.25) is 10.0 Å². The summed E-state index contributed by atoms with van der Waals surface area (Å²) in [5.74, 6) is -3.22. The smallest absolute Gasteiger partial charge is 0.277 e. The maximum atomic E-state index is 15.1. The average molecular weight is 780 g/mol. The summed E-state index contributed by atoms with van der Waals surface area (Å²) in [7, 11) is -3.94. The van der Waals surface area contributed by atoms with Crippen LogP contribution in [-0.4, -0.2) is 43.9 Å². The molecule has 14 heteroatoms. The molecule has 2 heterocycles. The minimum atomic E-state index is -3.94. The minimum absolute atomic E-state index is 0.0848. The third-order valence-corrected chi connectivity index (χ3v) is 10.8. The summed E-state index contributed by atoms with van der Waals surface area (Å²) in [5, 5.41) is 3.70. The maximum absolute atomic E-state index is 15.1. The van der Waals surface area contributed by atoms with E-state index in [0.29, 0.717) is 31.9 Å². The van der Waals surface area contributed by atoms with E-state index in [1.54, 1.807) is 62.4 Å². The van der Waals surface area contributed by atoms with Gasteiger partial charge in [0.15, 0.2) is 5.60 Å². The molecule has 2 N–H and O–H groups in total. The van der Waals surface area contributed by atoms with Gasteiger partial charge in [-0.3, -0.25) is 19.2 Å². The molecule has 3 aromatic rings. The van der Waals surface area contributed by atoms with Crippen molar-refractivity contribution < 1.29 is 32.3 Å². The molecule has 10 nitrogen and oxygen atoms in total. The fourth-order valence-corrected chi connectivity index (χ4v) is 8.21. The van der Waals surface area contributed by atoms with Gasteiger partial charge in [0.05, 0.1) is 18.0 Å². The molecular formula is C34H34BrCl2N3O7S. The van der Waals surface area contributed by atoms with E-state index in [1.165, 1.54) is 13.0 Å². The third-order valence-electron chi connectivity index (χ3n) is 9.26. The molecule has 4 amide bonds. The molecule has 0 bridgehead atoms. The Morgan fingerprint density at radius 2 is 1.67 bits per heavy atom. The Hall–Kier alpha value is -3.45. The first-order valence-electron chi connectivity index (χ1n) is 15.2. The lowest BCUT2D eigenvalue weighted by Crippen LogP contribution is -2.59. The lowest BCUT2D eigenvalue weighted by atomic mass is 9.58. The summed E-state index contributed by atoms with van der Waals surface area (Å²) in [6.45, 7) is 6.51. The first-order chi connectivity index (χ1) is 22.5. The van der Waals surface area contributed by atoms with E-state index in [0.717, 1.165) is 16.7 Å². The Morgan fingerprint density at radius 3 is 2.27 bits per heavy atom. The van der Waals surface area contributed by atoms with Gasteiger partial charge in [-0.25, -0.2) is 18.0 Å². The third kappa shape index (κ3) is 6.12. The summed E-state index contributed by atoms with van der Waals surface area (Å²) >= 11 is 16.6. The molecule has 3 atom stereocenters. The number of fused-ring (bicyclic) bond motifs is 2. The highest BCUT2D eigenvalue weighted by Crippen LogP contribution is 2.61. The van der Waals surface area contributed by atoms with Crippen molar-refractivity contribution in [2.75, 3.05) is 11.2 Å². The number of hydrogen-bond donors (Lipinski definition) is 2. The summed E-state index contributed by atoms with van der Waals surface area (Å²) in [6, 6.07) is 14.0. The zero-order chi connectivity index (χ0) is 35.3. The fraction of sp³-hybridized carbons (Fsp3) is 0.353. The van der Waals surface area contributed by atoms with Crippen LogP contribution in [-0.2, 0) is 34.6 Å². The molecule has 3 unspecified atom stereocenters. The molecule has 5 rings (SSSR count). The SMILES string of the molecule is CCC(CC)(Oc1ccc(Cl)cc1C1CC(=O)NC(c2cc(Cl)ccc2C)C12C(=O)N(C(C)=O)c1cc(Br)ccc12)C(=O)NS(C)(=O)=O. The zero-order valence-electron chi connectivity index (χ0n) is 26.8. The summed E-state index contributed by atoms with van der Waals surface area (Å²) in [5.41, 5.74) is -0.807. The van der Waals surface area contributed by atoms with Crippen molar-refractivity contribution in [1.82, 2.24) is 10.0 Å². The number of sulfonamides is 1. The van der Waals surface area contributed by atoms with Crippen LogP contribution >= 0.6 is 39.1 Å². The predicted molar refractivity (Wildman–Crippen MR) is 187 cm³/mol. The topological polar surface area (TPSA) is 139 Å². The predicted octanol–water partition coefficient (Wildman–Crippen LogP) is 6.25. The van der Waals surface area contributed by atoms with Crippen LogP contribution in [0.5, 0.6) is 5.75 Å². The Bertz CT molecular complexity index is 1970. The number of ether oxygens (including phenoxy) is 1. The number of nitrogens with one attached hydrogen (secondary N) is 2. The number of amides is 4. The lowest BCUT2D eigenvalue weighted by Gasteiger charge is -2.47. The second-order valence-corrected chi connectivity index (χ2v) is 15.7. The van der Waals surface area contributed by atoms with Gasteiger partial charge in [0.1, 0.15) is 11.2 Å². The van der Waals surface area contributed by atoms with Crippen molar-refractivity contribution in [2.45, 2.75) is 69.9 Å². The molecule has 1 fully saturated rings. The average Bonchev–Trinajstić information content (AvgIpc) is 3.25. The van der Waals surface area contributed by atoms with Crippen LogP contribution in [0.1, 0.15) is 74.2 Å². The van der Waals surface area contributed by atoms with Gasteiger partial charge in [-0.2, -0.15) is 0 Å². The standard InChI is InChI=1S/C34H34BrCl2N3O7S/c1-6-33(7-2,31(43)39-48(5,45)46)47-28-13-11-22(37)16-24(28)26-17-29(42)38-30(23-15-21(36)10-8-18(23)3)34(26)25-12-9-20(35)14-27(25)40(19(4)41)32(34)44/h8-16,26,30H,6-7,17H2,1-5H3,(H,38,42)(H,39,43). The number of rotatable bonds is 8. The van der Waals surface area contributed by atoms with Crippen molar-refractivity contribution in [3.8, 4) is 5.75 Å². The first-order valence-corrected chi connectivity index (χ1v) is 18.6. The number of imide groups is 1. The Morgan fingerprint density at radius 1 is 1.04 bits per heavy atom. The van der Waals surface area contributed by atoms with Gasteiger partial charge in [-0.1, -0.05) is 65.1 Å². The molecule has 2 aliphatic rings. The molecule has 0 radical (unpaired) electrons. The minimum Gasteiger partial charge on any atom is -0.477 e. The number of piperidine rings is 1. The second-order valence-electron chi connectivity index (χ2n) is 12.1. The van der Waals surface area contributed by atoms with E-state index in [1.807, 2.05) is 11.6 Å². The number of hydrogen-bond acceptors (Lipinski definition) is 7. The van der Waals surface area contributed by atoms with Crippen molar-refractivity contribution in [3.63, 3.8) is 0 Å². The number of aryl methyl sites for hydroxylation is 1. The number of anilines is 1. The van der Waals surface area contributed by atoms with Crippen molar-refractivity contribution in [1.29, 1.82) is 0 Å². The Balaban J connectivity index is 1.84. The van der Waals surface area contributed by atoms with Gasteiger partial charge in [-0.15, -0.1) is 0 Å². The van der Waals surface area contributed by atoms with Crippen molar-refractivity contribution in [2.24, 2.45) is 0 Å². The summed E-state index contributed by atoms with van der Waals surface area (Å²) in [4.78, 5) is 56.7. The molecular weight excluding hydrogens is 745 g/mol. The van der Waals surface area contributed by atoms with Crippen LogP contribution in [0.15, 0.2) is 59.1 Å². The van der Waals surface area contributed by atoms with Gasteiger partial charge in [-0.05, 0) is 78.9 Å². The Kier molecular flexibility index (Phi) is 9.79. The van der Waals surface area contributed by atoms with Gasteiger partial charge < -0.3 is 10.1 Å². The highest BCUT2D eigenvalue weighted by atomic mass is 79.9. The lowest BCUT2D eigenvalue weighted by molar-refractivity contribution is -0.137. The van der Waals surface area contributed by atoms with Crippen LogP contribution < -0.4 is 19.7 Å². The molecule has 2 aliphatic heterocycles. The zero-order valence-corrected chi connectivity index (χ0v) is 30.7. The molecule has 0 aromatic heterocycles. The van der Waals surface area contributed by atoms with E-state index in [4.69, 9.17) is 27.9 Å². The van der Waals surface area contributed by atoms with E-state index in [2.05, 4.69) is 21.2 Å². The second kappa shape index (κ2) is 13.1. The molecule has 3 aromatic carbocycles. The fourth-order valence-electron chi connectivity index (χ4n) is 6.98. The normalized spacial score (nSPS) is 20.8. The van der Waals surface area contributed by atoms with Crippen molar-refractivity contribution in [3.05, 3.63) is 91.4 Å². The summed E-state index contributed by atoms with van der Waals surface area (Å²) in [6.07, 6.45) is 0.822. The van der Waals surface area contributed by atoms with E-state index >= 15 is 4.79 Å². The van der Waals surface area contributed by atoms with Gasteiger partial charge in [0, 0.05) is 39.3 Å². The van der Waals surface area contributed by atoms with E-state index < -0.39 is 50.7 Å². The number of nitrogens with zero attached hydrogens (tertiary/aromatic N) is 1. The quantitative estimate of drug-likeness (QED) is 0.276. The maximum Gasteiger partial charge on any atom is 0.277 e. The molecule has 0 saturated carbocycles. The molecule has 48 heavy (non-hydrogen) atoms. The van der Waals surface area contributed by atoms with E-state index in [9.17, 15) is 22.8 Å². The van der Waals surface area contributed by atoms with Crippen LogP contribution in [0.4, 0.5) is 5.69 Å². The van der Waals surface area contributed by atoms with E-state index in [-0.39, 0.29) is 35.9 Å². The van der Waals surface area contributed by atoms with Crippen LogP contribution in [0, 0.1) is 6.92 Å².